The Balaban J connectivity index is 1.79. The molecule has 0 aromatic carbocycles. The molecule has 2 amide bonds. The van der Waals surface area contributed by atoms with E-state index < -0.39 is 15.6 Å². The number of piperidine rings is 1. The second-order valence-corrected chi connectivity index (χ2v) is 16.5. The predicted molar refractivity (Wildman–Crippen MR) is 154 cm³/mol. The number of amides is 2. The van der Waals surface area contributed by atoms with Crippen molar-refractivity contribution in [1.82, 2.24) is 24.8 Å². The lowest BCUT2D eigenvalue weighted by Gasteiger charge is -2.33. The molecule has 0 bridgehead atoms. The van der Waals surface area contributed by atoms with E-state index in [-0.39, 0.29) is 30.9 Å². The van der Waals surface area contributed by atoms with Crippen molar-refractivity contribution >= 4 is 33.2 Å². The van der Waals surface area contributed by atoms with Gasteiger partial charge in [0.1, 0.15) is 24.0 Å². The van der Waals surface area contributed by atoms with Gasteiger partial charge in [-0.25, -0.2) is 24.8 Å². The zero-order valence-electron chi connectivity index (χ0n) is 24.6. The zero-order chi connectivity index (χ0) is 28.8. The van der Waals surface area contributed by atoms with Gasteiger partial charge in [0.2, 0.25) is 5.88 Å². The Bertz CT molecular complexity index is 1130. The fraction of sp³-hybridized carbons (Fsp3) is 0.704. The number of fused-ring (bicyclic) bond motifs is 1. The number of aromatic nitrogens is 3. The van der Waals surface area contributed by atoms with Crippen molar-refractivity contribution in [3.63, 3.8) is 0 Å². The Kier molecular flexibility index (Phi) is 10.5. The van der Waals surface area contributed by atoms with Crippen LogP contribution in [0.5, 0.6) is 5.88 Å². The Hall–Kier alpha value is -2.57. The summed E-state index contributed by atoms with van der Waals surface area (Å²) in [6, 6.07) is -0.180. The molecule has 11 nitrogen and oxygen atoms in total. The van der Waals surface area contributed by atoms with Crippen LogP contribution in [0.15, 0.2) is 12.4 Å². The second kappa shape index (κ2) is 13.2. The predicted octanol–water partition coefficient (Wildman–Crippen LogP) is 3.64. The lowest BCUT2D eigenvalue weighted by molar-refractivity contribution is 0.00721. The summed E-state index contributed by atoms with van der Waals surface area (Å²) >= 11 is 0. The third-order valence-corrected chi connectivity index (χ3v) is 7.36. The minimum atomic E-state index is -0.674. The first-order valence-electron chi connectivity index (χ1n) is 13.3. The molecule has 2 aromatic rings. The Morgan fingerprint density at radius 3 is 2.67 bits per heavy atom. The lowest BCUT2D eigenvalue weighted by atomic mass is 10.1. The van der Waals surface area contributed by atoms with E-state index in [0.29, 0.717) is 48.9 Å². The number of nitrogens with one attached hydrogen (secondary N) is 1. The molecule has 220 valence electrons. The van der Waals surface area contributed by atoms with Gasteiger partial charge in [0.15, 0.2) is 5.65 Å². The lowest BCUT2D eigenvalue weighted by Crippen LogP contribution is -2.46. The summed E-state index contributed by atoms with van der Waals surface area (Å²) in [5.74, 6) is 1.01. The molecule has 12 heteroatoms. The molecule has 1 N–H and O–H groups in total. The number of ether oxygens (including phenoxy) is 4. The van der Waals surface area contributed by atoms with Gasteiger partial charge >= 0.3 is 6.09 Å². The molecule has 0 aliphatic carbocycles. The summed E-state index contributed by atoms with van der Waals surface area (Å²) in [4.78, 5) is 36.7. The molecule has 2 atom stereocenters. The van der Waals surface area contributed by atoms with Crippen LogP contribution >= 0.6 is 10.0 Å². The van der Waals surface area contributed by atoms with E-state index in [1.54, 1.807) is 29.0 Å². The van der Waals surface area contributed by atoms with E-state index in [9.17, 15) is 9.59 Å². The first-order valence-corrected chi connectivity index (χ1v) is 16.3. The van der Waals surface area contributed by atoms with Crippen LogP contribution in [0.1, 0.15) is 50.9 Å². The maximum atomic E-state index is 13.2. The summed E-state index contributed by atoms with van der Waals surface area (Å²) in [7, 11) is 0.919. The monoisotopic (exact) mass is 567 g/mol. The number of carbonyl (C=O) groups excluding carboxylic acids is 2. The van der Waals surface area contributed by atoms with Crippen molar-refractivity contribution < 1.29 is 28.5 Å². The fourth-order valence-corrected chi connectivity index (χ4v) is 4.74. The third-order valence-electron chi connectivity index (χ3n) is 5.97. The summed E-state index contributed by atoms with van der Waals surface area (Å²) in [6.07, 6.45) is 11.0. The van der Waals surface area contributed by atoms with Gasteiger partial charge < -0.3 is 33.7 Å². The molecule has 0 saturated carbocycles. The van der Waals surface area contributed by atoms with Crippen LogP contribution < -0.4 is 10.1 Å². The molecule has 1 fully saturated rings. The van der Waals surface area contributed by atoms with E-state index in [1.165, 1.54) is 0 Å². The zero-order valence-corrected chi connectivity index (χ0v) is 25.4. The molecule has 1 aliphatic heterocycles. The number of hydrogen-bond donors (Lipinski definition) is 1. The van der Waals surface area contributed by atoms with Crippen LogP contribution in [0.4, 0.5) is 4.79 Å². The van der Waals surface area contributed by atoms with Crippen LogP contribution in [0.3, 0.4) is 0 Å². The first kappa shape index (κ1) is 31.0. The van der Waals surface area contributed by atoms with Crippen LogP contribution in [-0.4, -0.2) is 107 Å². The summed E-state index contributed by atoms with van der Waals surface area (Å²) in [5, 5.41) is 2.95. The molecule has 0 radical (unpaired) electrons. The minimum absolute atomic E-state index is 0.180. The number of rotatable bonds is 11. The highest BCUT2D eigenvalue weighted by Crippen LogP contribution is 2.33. The summed E-state index contributed by atoms with van der Waals surface area (Å²) < 4.78 is 24.6. The van der Waals surface area contributed by atoms with E-state index in [0.717, 1.165) is 18.6 Å². The van der Waals surface area contributed by atoms with E-state index in [2.05, 4.69) is 34.1 Å². The molecule has 2 aromatic heterocycles. The molecule has 3 rings (SSSR count). The molecule has 1 aliphatic rings. The van der Waals surface area contributed by atoms with Crippen molar-refractivity contribution in [3.8, 4) is 5.88 Å². The van der Waals surface area contributed by atoms with Crippen LogP contribution in [0.2, 0.25) is 0 Å². The fourth-order valence-electron chi connectivity index (χ4n) is 4.12. The third kappa shape index (κ3) is 9.54. The topological polar surface area (TPSA) is 117 Å². The highest BCUT2D eigenvalue weighted by Gasteiger charge is 2.29. The average molecular weight is 568 g/mol. The smallest absolute Gasteiger partial charge is 0.410 e. The van der Waals surface area contributed by atoms with E-state index in [1.807, 2.05) is 27.7 Å². The molecular weight excluding hydrogens is 522 g/mol. The Morgan fingerprint density at radius 2 is 2.00 bits per heavy atom. The van der Waals surface area contributed by atoms with Crippen LogP contribution in [0, 0.1) is 0 Å². The van der Waals surface area contributed by atoms with Crippen molar-refractivity contribution in [3.05, 3.63) is 18.0 Å². The van der Waals surface area contributed by atoms with Gasteiger partial charge in [0.05, 0.1) is 31.5 Å². The summed E-state index contributed by atoms with van der Waals surface area (Å²) in [6.45, 7) is 9.69. The molecular formula is C27H45N5O6S. The molecule has 3 heterocycles. The number of hydrogen-bond acceptors (Lipinski definition) is 8. The van der Waals surface area contributed by atoms with E-state index in [4.69, 9.17) is 18.9 Å². The normalized spacial score (nSPS) is 17.6. The van der Waals surface area contributed by atoms with E-state index >= 15 is 0 Å². The van der Waals surface area contributed by atoms with Crippen molar-refractivity contribution in [2.24, 2.45) is 0 Å². The highest BCUT2D eigenvalue weighted by molar-refractivity contribution is 8.32. The van der Waals surface area contributed by atoms with Crippen molar-refractivity contribution in [2.75, 3.05) is 57.9 Å². The SMILES string of the molecule is COC[C@H](C)NC(=O)c1cn(COCCS(C)(C)C)c2ncc(OC3CCCN(C(=O)OC(C)(C)C)C3)nc12. The van der Waals surface area contributed by atoms with Gasteiger partial charge in [-0.2, -0.15) is 0 Å². The second-order valence-electron chi connectivity index (χ2n) is 11.9. The van der Waals surface area contributed by atoms with Gasteiger partial charge in [-0.05, 0) is 59.3 Å². The quantitative estimate of drug-likeness (QED) is 0.409. The Morgan fingerprint density at radius 1 is 1.26 bits per heavy atom. The van der Waals surface area contributed by atoms with Crippen LogP contribution in [-0.2, 0) is 20.9 Å². The van der Waals surface area contributed by atoms with Gasteiger partial charge in [0.25, 0.3) is 5.91 Å². The molecule has 0 spiro atoms. The van der Waals surface area contributed by atoms with Gasteiger partial charge in [-0.3, -0.25) is 4.79 Å². The molecule has 1 saturated heterocycles. The number of carbonyl (C=O) groups is 2. The maximum Gasteiger partial charge on any atom is 0.410 e. The Labute approximate surface area is 233 Å². The largest absolute Gasteiger partial charge is 0.471 e. The standard InChI is InChI=1S/C27H45N5O6S/c1-19(17-35-5)29-25(33)21-16-32(18-36-12-13-39(6,7)8)24-23(21)30-22(14-28-24)37-20-10-9-11-31(15-20)26(34)38-27(2,3)4/h14,16,19-20H,9-13,15,17-18H2,1-8H3,(H,29,33)/t19-,20?/m0/s1. The van der Waals surface area contributed by atoms with Gasteiger partial charge in [-0.15, -0.1) is 0 Å². The minimum Gasteiger partial charge on any atom is -0.471 e. The van der Waals surface area contributed by atoms with Gasteiger partial charge in [0, 0.05) is 31.6 Å². The van der Waals surface area contributed by atoms with Gasteiger partial charge in [-0.1, -0.05) is 0 Å². The maximum absolute atomic E-state index is 13.2. The number of nitrogens with zero attached hydrogens (tertiary/aromatic N) is 4. The van der Waals surface area contributed by atoms with Crippen molar-refractivity contribution in [1.29, 1.82) is 0 Å². The molecule has 39 heavy (non-hydrogen) atoms. The number of methoxy groups -OCH3 is 1. The van der Waals surface area contributed by atoms with Crippen LogP contribution in [0.25, 0.3) is 11.2 Å². The number of likely N-dealkylation sites (tertiary alicyclic amines) is 1. The van der Waals surface area contributed by atoms with Crippen molar-refractivity contribution in [2.45, 2.75) is 65.0 Å². The first-order chi connectivity index (χ1) is 18.3. The highest BCUT2D eigenvalue weighted by atomic mass is 32.3. The summed E-state index contributed by atoms with van der Waals surface area (Å²) in [5.41, 5.74) is 0.785. The average Bonchev–Trinajstić information content (AvgIpc) is 3.18. The molecule has 1 unspecified atom stereocenters.